The first-order valence-corrected chi connectivity index (χ1v) is 7.11. The van der Waals surface area contributed by atoms with E-state index >= 15 is 0 Å². The van der Waals surface area contributed by atoms with E-state index in [1.54, 1.807) is 18.5 Å². The lowest BCUT2D eigenvalue weighted by atomic mass is 10.2. The van der Waals surface area contributed by atoms with Crippen molar-refractivity contribution in [3.8, 4) is 0 Å². The average molecular weight is 301 g/mol. The molecule has 0 aliphatic heterocycles. The van der Waals surface area contributed by atoms with Crippen LogP contribution < -0.4 is 5.32 Å². The molecule has 0 saturated heterocycles. The lowest BCUT2D eigenvalue weighted by Crippen LogP contribution is -2.31. The number of nitrogens with zero attached hydrogens (tertiary/aromatic N) is 1. The third-order valence-electron chi connectivity index (χ3n) is 2.78. The summed E-state index contributed by atoms with van der Waals surface area (Å²) in [5.41, 5.74) is 0.603. The van der Waals surface area contributed by atoms with Gasteiger partial charge >= 0.3 is 0 Å². The van der Waals surface area contributed by atoms with Crippen LogP contribution in [-0.2, 0) is 0 Å². The Morgan fingerprint density at radius 2 is 2.38 bits per heavy atom. The number of hydrogen-bond donors (Lipinski definition) is 1. The Labute approximate surface area is 108 Å². The summed E-state index contributed by atoms with van der Waals surface area (Å²) < 4.78 is 1.13. The zero-order valence-electron chi connectivity index (χ0n) is 9.00. The van der Waals surface area contributed by atoms with Gasteiger partial charge in [0.2, 0.25) is 0 Å². The fourth-order valence-electron chi connectivity index (χ4n) is 1.47. The Morgan fingerprint density at radius 1 is 1.62 bits per heavy atom. The number of hydrogen-bond acceptors (Lipinski definition) is 3. The van der Waals surface area contributed by atoms with Crippen LogP contribution in [0.2, 0.25) is 0 Å². The van der Waals surface area contributed by atoms with Gasteiger partial charge in [-0.05, 0) is 41.1 Å². The van der Waals surface area contributed by atoms with E-state index in [0.717, 1.165) is 11.0 Å². The number of amides is 1. The standard InChI is InChI=1S/C11H13BrN2OS/c1-16-11(2-3-11)7-14-10(15)8-4-9(12)6-13-5-8/h4-6H,2-3,7H2,1H3,(H,14,15). The minimum Gasteiger partial charge on any atom is -0.351 e. The predicted molar refractivity (Wildman–Crippen MR) is 69.8 cm³/mol. The SMILES string of the molecule is CSC1(CNC(=O)c2cncc(Br)c2)CC1. The van der Waals surface area contributed by atoms with E-state index < -0.39 is 0 Å². The van der Waals surface area contributed by atoms with Crippen molar-refractivity contribution in [2.24, 2.45) is 0 Å². The molecule has 1 amide bonds. The number of carbonyl (C=O) groups excluding carboxylic acids is 1. The molecule has 0 radical (unpaired) electrons. The van der Waals surface area contributed by atoms with E-state index in [1.165, 1.54) is 12.8 Å². The van der Waals surface area contributed by atoms with E-state index in [0.29, 0.717) is 10.3 Å². The summed E-state index contributed by atoms with van der Waals surface area (Å²) in [6.07, 6.45) is 7.75. The molecule has 1 aliphatic carbocycles. The van der Waals surface area contributed by atoms with Gasteiger partial charge in [-0.3, -0.25) is 9.78 Å². The van der Waals surface area contributed by atoms with Crippen LogP contribution >= 0.6 is 27.7 Å². The van der Waals surface area contributed by atoms with Gasteiger partial charge in [-0.1, -0.05) is 0 Å². The molecule has 1 aromatic rings. The van der Waals surface area contributed by atoms with Crippen LogP contribution in [0.4, 0.5) is 0 Å². The van der Waals surface area contributed by atoms with Gasteiger partial charge < -0.3 is 5.32 Å². The molecule has 1 aromatic heterocycles. The van der Waals surface area contributed by atoms with Gasteiger partial charge in [-0.25, -0.2) is 0 Å². The molecular weight excluding hydrogens is 288 g/mol. The largest absolute Gasteiger partial charge is 0.351 e. The van der Waals surface area contributed by atoms with Crippen LogP contribution in [0.1, 0.15) is 23.2 Å². The summed E-state index contributed by atoms with van der Waals surface area (Å²) in [7, 11) is 0. The van der Waals surface area contributed by atoms with Crippen LogP contribution in [0, 0.1) is 0 Å². The molecule has 1 aliphatic rings. The highest BCUT2D eigenvalue weighted by Crippen LogP contribution is 2.46. The minimum atomic E-state index is -0.0471. The second-order valence-electron chi connectivity index (χ2n) is 3.96. The summed E-state index contributed by atoms with van der Waals surface area (Å²) >= 11 is 5.14. The average Bonchev–Trinajstić information content (AvgIpc) is 3.07. The fraction of sp³-hybridized carbons (Fsp3) is 0.455. The maximum absolute atomic E-state index is 11.8. The maximum atomic E-state index is 11.8. The van der Waals surface area contributed by atoms with Gasteiger partial charge in [0.15, 0.2) is 0 Å². The van der Waals surface area contributed by atoms with Crippen LogP contribution in [0.15, 0.2) is 22.9 Å². The lowest BCUT2D eigenvalue weighted by Gasteiger charge is -2.12. The molecule has 0 spiro atoms. The van der Waals surface area contributed by atoms with E-state index in [4.69, 9.17) is 0 Å². The second-order valence-corrected chi connectivity index (χ2v) is 6.15. The van der Waals surface area contributed by atoms with Gasteiger partial charge in [-0.15, -0.1) is 0 Å². The number of carbonyl (C=O) groups is 1. The molecule has 16 heavy (non-hydrogen) atoms. The van der Waals surface area contributed by atoms with Gasteiger partial charge in [0.25, 0.3) is 5.91 Å². The van der Waals surface area contributed by atoms with E-state index in [9.17, 15) is 4.79 Å². The van der Waals surface area contributed by atoms with Crippen molar-refractivity contribution in [1.82, 2.24) is 10.3 Å². The van der Waals surface area contributed by atoms with Gasteiger partial charge in [0, 0.05) is 28.2 Å². The molecule has 1 heterocycles. The number of aromatic nitrogens is 1. The predicted octanol–water partition coefficient (Wildman–Crippen LogP) is 2.47. The van der Waals surface area contributed by atoms with Gasteiger partial charge in [0.1, 0.15) is 0 Å². The number of rotatable bonds is 4. The zero-order valence-corrected chi connectivity index (χ0v) is 11.4. The molecular formula is C11H13BrN2OS. The van der Waals surface area contributed by atoms with E-state index in [2.05, 4.69) is 32.5 Å². The Hall–Kier alpha value is -0.550. The monoisotopic (exact) mass is 300 g/mol. The van der Waals surface area contributed by atoms with Gasteiger partial charge in [-0.2, -0.15) is 11.8 Å². The normalized spacial score (nSPS) is 16.9. The van der Waals surface area contributed by atoms with Crippen molar-refractivity contribution in [1.29, 1.82) is 0 Å². The fourth-order valence-corrected chi connectivity index (χ4v) is 2.56. The molecule has 1 N–H and O–H groups in total. The van der Waals surface area contributed by atoms with E-state index in [-0.39, 0.29) is 5.91 Å². The highest BCUT2D eigenvalue weighted by molar-refractivity contribution is 9.10. The quantitative estimate of drug-likeness (QED) is 0.929. The number of nitrogens with one attached hydrogen (secondary N) is 1. The lowest BCUT2D eigenvalue weighted by molar-refractivity contribution is 0.0952. The topological polar surface area (TPSA) is 42.0 Å². The smallest absolute Gasteiger partial charge is 0.252 e. The maximum Gasteiger partial charge on any atom is 0.252 e. The highest BCUT2D eigenvalue weighted by Gasteiger charge is 2.41. The third kappa shape index (κ3) is 2.77. The molecule has 0 bridgehead atoms. The zero-order chi connectivity index (χ0) is 11.6. The van der Waals surface area contributed by atoms with Gasteiger partial charge in [0.05, 0.1) is 5.56 Å². The first-order valence-electron chi connectivity index (χ1n) is 5.09. The molecule has 86 valence electrons. The molecule has 0 atom stereocenters. The molecule has 5 heteroatoms. The van der Waals surface area contributed by atoms with Crippen molar-refractivity contribution in [2.45, 2.75) is 17.6 Å². The number of halogens is 1. The summed E-state index contributed by atoms with van der Waals surface area (Å²) in [5.74, 6) is -0.0471. The Kier molecular flexibility index (Phi) is 3.54. The first kappa shape index (κ1) is 11.9. The summed E-state index contributed by atoms with van der Waals surface area (Å²) in [5, 5.41) is 2.96. The van der Waals surface area contributed by atoms with Crippen molar-refractivity contribution in [3.63, 3.8) is 0 Å². The Morgan fingerprint density at radius 3 is 2.94 bits per heavy atom. The third-order valence-corrected chi connectivity index (χ3v) is 4.63. The Balaban J connectivity index is 1.93. The van der Waals surface area contributed by atoms with Crippen molar-refractivity contribution in [2.75, 3.05) is 12.8 Å². The van der Waals surface area contributed by atoms with Crippen LogP contribution in [0.5, 0.6) is 0 Å². The van der Waals surface area contributed by atoms with Crippen LogP contribution in [0.25, 0.3) is 0 Å². The molecule has 1 saturated carbocycles. The number of pyridine rings is 1. The summed E-state index contributed by atoms with van der Waals surface area (Å²) in [6.45, 7) is 0.750. The second kappa shape index (κ2) is 4.75. The minimum absolute atomic E-state index is 0.0471. The van der Waals surface area contributed by atoms with Crippen LogP contribution in [0.3, 0.4) is 0 Å². The van der Waals surface area contributed by atoms with E-state index in [1.807, 2.05) is 11.8 Å². The van der Waals surface area contributed by atoms with Crippen LogP contribution in [-0.4, -0.2) is 28.4 Å². The summed E-state index contributed by atoms with van der Waals surface area (Å²) in [4.78, 5) is 15.8. The molecule has 1 fully saturated rings. The molecule has 3 nitrogen and oxygen atoms in total. The van der Waals surface area contributed by atoms with Crippen molar-refractivity contribution in [3.05, 3.63) is 28.5 Å². The molecule has 0 aromatic carbocycles. The molecule has 2 rings (SSSR count). The Bertz CT molecular complexity index is 407. The number of thioether (sulfide) groups is 1. The summed E-state index contributed by atoms with van der Waals surface area (Å²) in [6, 6.07) is 1.78. The molecule has 0 unspecified atom stereocenters. The highest BCUT2D eigenvalue weighted by atomic mass is 79.9. The van der Waals surface area contributed by atoms with Crippen molar-refractivity contribution >= 4 is 33.6 Å². The first-order chi connectivity index (χ1) is 7.65. The van der Waals surface area contributed by atoms with Crippen molar-refractivity contribution < 1.29 is 4.79 Å².